The van der Waals surface area contributed by atoms with Crippen molar-refractivity contribution >= 4 is 23.5 Å². The van der Waals surface area contributed by atoms with Crippen molar-refractivity contribution in [2.75, 3.05) is 6.61 Å². The van der Waals surface area contributed by atoms with Crippen LogP contribution >= 0.6 is 11.6 Å². The van der Waals surface area contributed by atoms with E-state index in [0.29, 0.717) is 10.8 Å². The van der Waals surface area contributed by atoms with Gasteiger partial charge in [-0.1, -0.05) is 38.4 Å². The summed E-state index contributed by atoms with van der Waals surface area (Å²) < 4.78 is 5.34. The number of carboxylic acids is 1. The molecule has 116 valence electrons. The predicted octanol–water partition coefficient (Wildman–Crippen LogP) is 2.64. The summed E-state index contributed by atoms with van der Waals surface area (Å²) in [6.07, 6.45) is 0. The molecule has 2 N–H and O–H groups in total. The number of carbonyl (C=O) groups excluding carboxylic acids is 1. The molecule has 1 atom stereocenters. The topological polar surface area (TPSA) is 75.6 Å². The molecule has 0 aromatic heterocycles. The Bertz CT molecular complexity index is 537. The first kappa shape index (κ1) is 17.3. The van der Waals surface area contributed by atoms with E-state index in [4.69, 9.17) is 21.4 Å². The second kappa shape index (κ2) is 6.80. The molecule has 0 unspecified atom stereocenters. The van der Waals surface area contributed by atoms with Gasteiger partial charge in [0.05, 0.1) is 5.02 Å². The summed E-state index contributed by atoms with van der Waals surface area (Å²) in [7, 11) is 0. The van der Waals surface area contributed by atoms with Crippen LogP contribution in [-0.4, -0.2) is 29.6 Å². The number of aryl methyl sites for hydroxylation is 1. The maximum Gasteiger partial charge on any atom is 0.326 e. The van der Waals surface area contributed by atoms with Crippen LogP contribution in [0, 0.1) is 12.3 Å². The molecule has 0 aliphatic rings. The SMILES string of the molecule is Cc1ccc(Cl)c(OCC(=O)N[C@H](C(=O)O)C(C)(C)C)c1. The van der Waals surface area contributed by atoms with Gasteiger partial charge in [0.25, 0.3) is 5.91 Å². The zero-order valence-electron chi connectivity index (χ0n) is 12.6. The van der Waals surface area contributed by atoms with Crippen LogP contribution in [0.15, 0.2) is 18.2 Å². The number of rotatable bonds is 5. The molecular formula is C15H20ClNO4. The maximum atomic E-state index is 11.8. The molecule has 1 rings (SSSR count). The summed E-state index contributed by atoms with van der Waals surface area (Å²) in [5.41, 5.74) is 0.357. The fraction of sp³-hybridized carbons (Fsp3) is 0.467. The molecule has 1 amide bonds. The Balaban J connectivity index is 2.65. The highest BCUT2D eigenvalue weighted by Crippen LogP contribution is 2.25. The number of hydrogen-bond acceptors (Lipinski definition) is 3. The summed E-state index contributed by atoms with van der Waals surface area (Å²) >= 11 is 5.96. The van der Waals surface area contributed by atoms with E-state index >= 15 is 0 Å². The Labute approximate surface area is 129 Å². The van der Waals surface area contributed by atoms with Crippen LogP contribution in [0.1, 0.15) is 26.3 Å². The van der Waals surface area contributed by atoms with Crippen LogP contribution in [0.3, 0.4) is 0 Å². The molecule has 6 heteroatoms. The van der Waals surface area contributed by atoms with Crippen LogP contribution in [0.4, 0.5) is 0 Å². The van der Waals surface area contributed by atoms with E-state index in [1.54, 1.807) is 32.9 Å². The number of amides is 1. The monoisotopic (exact) mass is 313 g/mol. The van der Waals surface area contributed by atoms with Gasteiger partial charge in [0.15, 0.2) is 6.61 Å². The van der Waals surface area contributed by atoms with Crippen LogP contribution in [0.2, 0.25) is 5.02 Å². The lowest BCUT2D eigenvalue weighted by Crippen LogP contribution is -2.50. The normalized spacial score (nSPS) is 12.6. The minimum atomic E-state index is -1.08. The number of halogens is 1. The molecule has 0 fully saturated rings. The first-order chi connectivity index (χ1) is 9.61. The van der Waals surface area contributed by atoms with Gasteiger partial charge in [-0.05, 0) is 30.0 Å². The maximum absolute atomic E-state index is 11.8. The van der Waals surface area contributed by atoms with E-state index in [9.17, 15) is 9.59 Å². The number of ether oxygens (including phenoxy) is 1. The highest BCUT2D eigenvalue weighted by molar-refractivity contribution is 6.32. The summed E-state index contributed by atoms with van der Waals surface area (Å²) in [6.45, 7) is 6.81. The van der Waals surface area contributed by atoms with Crippen molar-refractivity contribution in [1.29, 1.82) is 0 Å². The molecular weight excluding hydrogens is 294 g/mol. The number of hydrogen-bond donors (Lipinski definition) is 2. The number of carboxylic acid groups (broad SMARTS) is 1. The highest BCUT2D eigenvalue weighted by atomic mass is 35.5. The van der Waals surface area contributed by atoms with Gasteiger partial charge in [-0.15, -0.1) is 0 Å². The molecule has 5 nitrogen and oxygen atoms in total. The van der Waals surface area contributed by atoms with Gasteiger partial charge in [0.1, 0.15) is 11.8 Å². The van der Waals surface area contributed by atoms with Crippen molar-refractivity contribution in [2.45, 2.75) is 33.7 Å². The smallest absolute Gasteiger partial charge is 0.326 e. The average molecular weight is 314 g/mol. The largest absolute Gasteiger partial charge is 0.482 e. The van der Waals surface area contributed by atoms with E-state index in [1.165, 1.54) is 0 Å². The van der Waals surface area contributed by atoms with E-state index in [0.717, 1.165) is 5.56 Å². The molecule has 0 spiro atoms. The fourth-order valence-corrected chi connectivity index (χ4v) is 1.89. The van der Waals surface area contributed by atoms with Gasteiger partial charge >= 0.3 is 5.97 Å². The summed E-state index contributed by atoms with van der Waals surface area (Å²) in [4.78, 5) is 23.0. The van der Waals surface area contributed by atoms with Gasteiger partial charge in [-0.3, -0.25) is 4.79 Å². The first-order valence-electron chi connectivity index (χ1n) is 6.52. The molecule has 0 aliphatic carbocycles. The third kappa shape index (κ3) is 5.27. The zero-order chi connectivity index (χ0) is 16.2. The lowest BCUT2D eigenvalue weighted by atomic mass is 9.87. The summed E-state index contributed by atoms with van der Waals surface area (Å²) in [5, 5.41) is 12.0. The van der Waals surface area contributed by atoms with Crippen LogP contribution < -0.4 is 10.1 Å². The molecule has 1 aromatic carbocycles. The third-order valence-corrected chi connectivity index (χ3v) is 3.18. The Kier molecular flexibility index (Phi) is 5.61. The molecule has 1 aromatic rings. The van der Waals surface area contributed by atoms with E-state index < -0.39 is 23.3 Å². The standard InChI is InChI=1S/C15H20ClNO4/c1-9-5-6-10(16)11(7-9)21-8-12(18)17-13(14(19)20)15(2,3)4/h5-7,13H,8H2,1-4H3,(H,17,18)(H,19,20)/t13-/m1/s1. The summed E-state index contributed by atoms with van der Waals surface area (Å²) in [5.74, 6) is -1.19. The minimum Gasteiger partial charge on any atom is -0.482 e. The lowest BCUT2D eigenvalue weighted by molar-refractivity contribution is -0.145. The Morgan fingerprint density at radius 3 is 2.52 bits per heavy atom. The van der Waals surface area contributed by atoms with E-state index in [2.05, 4.69) is 5.32 Å². The average Bonchev–Trinajstić information content (AvgIpc) is 2.35. The minimum absolute atomic E-state index is 0.289. The molecule has 0 aliphatic heterocycles. The van der Waals surface area contributed by atoms with Crippen molar-refractivity contribution in [3.8, 4) is 5.75 Å². The van der Waals surface area contributed by atoms with Gasteiger partial charge < -0.3 is 15.2 Å². The number of benzene rings is 1. The Morgan fingerprint density at radius 1 is 1.38 bits per heavy atom. The van der Waals surface area contributed by atoms with E-state index in [-0.39, 0.29) is 6.61 Å². The first-order valence-corrected chi connectivity index (χ1v) is 6.90. The van der Waals surface area contributed by atoms with Gasteiger partial charge in [0.2, 0.25) is 0 Å². The summed E-state index contributed by atoms with van der Waals surface area (Å²) in [6, 6.07) is 4.24. The van der Waals surface area contributed by atoms with Gasteiger partial charge in [0, 0.05) is 0 Å². The van der Waals surface area contributed by atoms with Crippen molar-refractivity contribution in [1.82, 2.24) is 5.32 Å². The second-order valence-corrected chi connectivity index (χ2v) is 6.33. The number of aliphatic carboxylic acids is 1. The van der Waals surface area contributed by atoms with Crippen molar-refractivity contribution in [3.63, 3.8) is 0 Å². The number of nitrogens with one attached hydrogen (secondary N) is 1. The lowest BCUT2D eigenvalue weighted by Gasteiger charge is -2.27. The Morgan fingerprint density at radius 2 is 2.00 bits per heavy atom. The highest BCUT2D eigenvalue weighted by Gasteiger charge is 2.32. The fourth-order valence-electron chi connectivity index (χ4n) is 1.72. The van der Waals surface area contributed by atoms with Crippen molar-refractivity contribution in [3.05, 3.63) is 28.8 Å². The molecule has 0 heterocycles. The molecule has 0 saturated heterocycles. The van der Waals surface area contributed by atoms with Crippen LogP contribution in [-0.2, 0) is 9.59 Å². The van der Waals surface area contributed by atoms with Crippen molar-refractivity contribution < 1.29 is 19.4 Å². The zero-order valence-corrected chi connectivity index (χ0v) is 13.3. The Hall–Kier alpha value is -1.75. The third-order valence-electron chi connectivity index (χ3n) is 2.86. The van der Waals surface area contributed by atoms with Gasteiger partial charge in [-0.25, -0.2) is 4.79 Å². The molecule has 0 bridgehead atoms. The van der Waals surface area contributed by atoms with E-state index in [1.807, 2.05) is 13.0 Å². The quantitative estimate of drug-likeness (QED) is 0.876. The van der Waals surface area contributed by atoms with Gasteiger partial charge in [-0.2, -0.15) is 0 Å². The molecule has 21 heavy (non-hydrogen) atoms. The number of carbonyl (C=O) groups is 2. The molecule has 0 radical (unpaired) electrons. The second-order valence-electron chi connectivity index (χ2n) is 5.93. The van der Waals surface area contributed by atoms with Crippen LogP contribution in [0.25, 0.3) is 0 Å². The van der Waals surface area contributed by atoms with Crippen LogP contribution in [0.5, 0.6) is 5.75 Å². The van der Waals surface area contributed by atoms with Crippen molar-refractivity contribution in [2.24, 2.45) is 5.41 Å². The molecule has 0 saturated carbocycles. The predicted molar refractivity (Wildman–Crippen MR) is 80.7 cm³/mol.